The minimum Gasteiger partial charge on any atom is -0.465 e. The second-order valence-corrected chi connectivity index (χ2v) is 6.89. The van der Waals surface area contributed by atoms with E-state index in [2.05, 4.69) is 10.2 Å². The lowest BCUT2D eigenvalue weighted by molar-refractivity contribution is 0.0606. The van der Waals surface area contributed by atoms with Gasteiger partial charge in [-0.15, -0.1) is 11.3 Å². The summed E-state index contributed by atoms with van der Waals surface area (Å²) in [5.41, 5.74) is 0.902. The third kappa shape index (κ3) is 2.91. The second-order valence-electron chi connectivity index (χ2n) is 5.07. The van der Waals surface area contributed by atoms with E-state index in [0.29, 0.717) is 9.90 Å². The number of rotatable bonds is 2. The van der Waals surface area contributed by atoms with Crippen LogP contribution in [-0.2, 0) is 4.74 Å². The number of hydrogen-bond acceptors (Lipinski definition) is 4. The Morgan fingerprint density at radius 1 is 1.41 bits per heavy atom. The van der Waals surface area contributed by atoms with Crippen molar-refractivity contribution in [3.63, 3.8) is 0 Å². The van der Waals surface area contributed by atoms with E-state index < -0.39 is 5.97 Å². The Bertz CT molecular complexity index is 738. The van der Waals surface area contributed by atoms with E-state index in [1.165, 1.54) is 31.3 Å². The Labute approximate surface area is 143 Å². The van der Waals surface area contributed by atoms with Gasteiger partial charge in [0.05, 0.1) is 12.1 Å². The summed E-state index contributed by atoms with van der Waals surface area (Å²) >= 11 is 13.0. The lowest BCUT2D eigenvalue weighted by atomic mass is 10.2. The highest BCUT2D eigenvalue weighted by atomic mass is 35.5. The first-order valence-corrected chi connectivity index (χ1v) is 8.56. The number of hydrogen-bond donors (Lipinski definition) is 1. The lowest BCUT2D eigenvalue weighted by Crippen LogP contribution is -2.31. The van der Waals surface area contributed by atoms with Crippen LogP contribution < -0.4 is 5.32 Å². The molecule has 1 aromatic heterocycles. The second kappa shape index (κ2) is 6.40. The monoisotopic (exact) mass is 354 g/mol. The molecule has 7 heteroatoms. The standard InChI is InChI=1S/C15H15ClN2O2S2/c1-20-14(19)13-12(16)10-5-4-9(8-11(10)22-13)17-15(21)18-6-2-3-7-18/h4-5,8H,2-3,6-7H2,1H3,(H,17,21). The van der Waals surface area contributed by atoms with Crippen LogP contribution in [0.25, 0.3) is 10.1 Å². The molecule has 0 radical (unpaired) electrons. The highest BCUT2D eigenvalue weighted by Crippen LogP contribution is 2.37. The molecule has 4 nitrogen and oxygen atoms in total. The summed E-state index contributed by atoms with van der Waals surface area (Å²) in [5.74, 6) is -0.409. The van der Waals surface area contributed by atoms with Gasteiger partial charge in [0.1, 0.15) is 4.88 Å². The van der Waals surface area contributed by atoms with Gasteiger partial charge in [-0.25, -0.2) is 4.79 Å². The molecule has 1 aromatic carbocycles. The van der Waals surface area contributed by atoms with Crippen molar-refractivity contribution in [2.75, 3.05) is 25.5 Å². The number of halogens is 1. The van der Waals surface area contributed by atoms with Crippen molar-refractivity contribution in [1.29, 1.82) is 0 Å². The largest absolute Gasteiger partial charge is 0.465 e. The lowest BCUT2D eigenvalue weighted by Gasteiger charge is -2.19. The maximum absolute atomic E-state index is 11.7. The highest BCUT2D eigenvalue weighted by molar-refractivity contribution is 7.80. The quantitative estimate of drug-likeness (QED) is 0.648. The number of fused-ring (bicyclic) bond motifs is 1. The number of benzene rings is 1. The van der Waals surface area contributed by atoms with Gasteiger partial charge >= 0.3 is 5.97 Å². The third-order valence-electron chi connectivity index (χ3n) is 3.64. The van der Waals surface area contributed by atoms with E-state index in [0.717, 1.165) is 34.0 Å². The molecule has 1 N–H and O–H groups in total. The zero-order chi connectivity index (χ0) is 15.7. The summed E-state index contributed by atoms with van der Waals surface area (Å²) in [5, 5.41) is 5.29. The molecule has 116 valence electrons. The predicted octanol–water partition coefficient (Wildman–Crippen LogP) is 4.13. The van der Waals surface area contributed by atoms with Crippen molar-refractivity contribution in [2.24, 2.45) is 0 Å². The smallest absolute Gasteiger partial charge is 0.349 e. The first-order chi connectivity index (χ1) is 10.6. The van der Waals surface area contributed by atoms with Gasteiger partial charge in [0.15, 0.2) is 5.11 Å². The summed E-state index contributed by atoms with van der Waals surface area (Å²) < 4.78 is 5.68. The topological polar surface area (TPSA) is 41.6 Å². The third-order valence-corrected chi connectivity index (χ3v) is 5.64. The van der Waals surface area contributed by atoms with Crippen LogP contribution in [0.1, 0.15) is 22.5 Å². The number of carbonyl (C=O) groups excluding carboxylic acids is 1. The molecule has 22 heavy (non-hydrogen) atoms. The van der Waals surface area contributed by atoms with E-state index >= 15 is 0 Å². The van der Waals surface area contributed by atoms with Crippen molar-refractivity contribution in [3.05, 3.63) is 28.1 Å². The van der Waals surface area contributed by atoms with Crippen LogP contribution in [0.2, 0.25) is 5.02 Å². The number of anilines is 1. The molecular formula is C15H15ClN2O2S2. The molecule has 0 spiro atoms. The normalized spacial score (nSPS) is 14.4. The molecule has 1 saturated heterocycles. The highest BCUT2D eigenvalue weighted by Gasteiger charge is 2.18. The van der Waals surface area contributed by atoms with E-state index in [-0.39, 0.29) is 0 Å². The SMILES string of the molecule is COC(=O)c1sc2cc(NC(=S)N3CCCC3)ccc2c1Cl. The number of carbonyl (C=O) groups is 1. The minimum absolute atomic E-state index is 0.409. The van der Waals surface area contributed by atoms with E-state index in [1.54, 1.807) is 0 Å². The van der Waals surface area contributed by atoms with Gasteiger partial charge in [-0.05, 0) is 43.3 Å². The van der Waals surface area contributed by atoms with Gasteiger partial charge in [-0.2, -0.15) is 0 Å². The van der Waals surface area contributed by atoms with Crippen LogP contribution in [0.4, 0.5) is 5.69 Å². The molecule has 0 saturated carbocycles. The number of methoxy groups -OCH3 is 1. The Morgan fingerprint density at radius 2 is 2.14 bits per heavy atom. The molecule has 0 bridgehead atoms. The van der Waals surface area contributed by atoms with Crippen molar-refractivity contribution >= 4 is 62.0 Å². The molecular weight excluding hydrogens is 340 g/mol. The van der Waals surface area contributed by atoms with E-state index in [4.69, 9.17) is 28.6 Å². The number of thiophene rings is 1. The molecule has 0 amide bonds. The van der Waals surface area contributed by atoms with Gasteiger partial charge in [0.25, 0.3) is 0 Å². The fraction of sp³-hybridized carbons (Fsp3) is 0.333. The van der Waals surface area contributed by atoms with Gasteiger partial charge in [-0.1, -0.05) is 11.6 Å². The molecule has 0 unspecified atom stereocenters. The van der Waals surface area contributed by atoms with Gasteiger partial charge in [0, 0.05) is 28.9 Å². The minimum atomic E-state index is -0.409. The Balaban J connectivity index is 1.86. The van der Waals surface area contributed by atoms with Crippen LogP contribution >= 0.6 is 35.2 Å². The Hall–Kier alpha value is -1.37. The zero-order valence-corrected chi connectivity index (χ0v) is 14.4. The van der Waals surface area contributed by atoms with Crippen LogP contribution in [0.3, 0.4) is 0 Å². The number of nitrogens with zero attached hydrogens (tertiary/aromatic N) is 1. The first kappa shape index (κ1) is 15.5. The molecule has 2 heterocycles. The molecule has 1 aliphatic rings. The van der Waals surface area contributed by atoms with Gasteiger partial charge in [-0.3, -0.25) is 0 Å². The summed E-state index contributed by atoms with van der Waals surface area (Å²) in [7, 11) is 1.35. The number of thiocarbonyl (C=S) groups is 1. The van der Waals surface area contributed by atoms with Crippen LogP contribution in [0.5, 0.6) is 0 Å². The molecule has 1 aliphatic heterocycles. The predicted molar refractivity (Wildman–Crippen MR) is 95.2 cm³/mol. The molecule has 1 fully saturated rings. The average molecular weight is 355 g/mol. The summed E-state index contributed by atoms with van der Waals surface area (Å²) in [6, 6.07) is 5.78. The maximum Gasteiger partial charge on any atom is 0.349 e. The number of ether oxygens (including phenoxy) is 1. The molecule has 0 atom stereocenters. The molecule has 3 rings (SSSR count). The zero-order valence-electron chi connectivity index (χ0n) is 12.0. The van der Waals surface area contributed by atoms with E-state index in [9.17, 15) is 4.79 Å². The molecule has 0 aliphatic carbocycles. The maximum atomic E-state index is 11.7. The number of likely N-dealkylation sites (tertiary alicyclic amines) is 1. The summed E-state index contributed by atoms with van der Waals surface area (Å²) in [4.78, 5) is 14.3. The molecule has 2 aromatic rings. The fourth-order valence-corrected chi connectivity index (χ4v) is 4.26. The Kier molecular flexibility index (Phi) is 4.52. The summed E-state index contributed by atoms with van der Waals surface area (Å²) in [6.07, 6.45) is 2.37. The van der Waals surface area contributed by atoms with Gasteiger partial charge < -0.3 is 15.0 Å². The van der Waals surface area contributed by atoms with Crippen molar-refractivity contribution < 1.29 is 9.53 Å². The van der Waals surface area contributed by atoms with Gasteiger partial charge in [0.2, 0.25) is 0 Å². The fourth-order valence-electron chi connectivity index (χ4n) is 2.49. The van der Waals surface area contributed by atoms with Crippen LogP contribution in [0.15, 0.2) is 18.2 Å². The van der Waals surface area contributed by atoms with Crippen molar-refractivity contribution in [3.8, 4) is 0 Å². The average Bonchev–Trinajstić information content (AvgIpc) is 3.15. The van der Waals surface area contributed by atoms with E-state index in [1.807, 2.05) is 18.2 Å². The first-order valence-electron chi connectivity index (χ1n) is 6.96. The number of nitrogens with one attached hydrogen (secondary N) is 1. The van der Waals surface area contributed by atoms with Crippen LogP contribution in [0, 0.1) is 0 Å². The van der Waals surface area contributed by atoms with Crippen molar-refractivity contribution in [2.45, 2.75) is 12.8 Å². The number of esters is 1. The summed E-state index contributed by atoms with van der Waals surface area (Å²) in [6.45, 7) is 2.01. The Morgan fingerprint density at radius 3 is 2.82 bits per heavy atom. The van der Waals surface area contributed by atoms with Crippen molar-refractivity contribution in [1.82, 2.24) is 4.90 Å². The van der Waals surface area contributed by atoms with Crippen LogP contribution in [-0.4, -0.2) is 36.2 Å².